The van der Waals surface area contributed by atoms with Crippen molar-refractivity contribution in [2.45, 2.75) is 20.8 Å². The molecule has 13 heavy (non-hydrogen) atoms. The van der Waals surface area contributed by atoms with E-state index in [2.05, 4.69) is 0 Å². The molecule has 0 saturated carbocycles. The lowest BCUT2D eigenvalue weighted by molar-refractivity contribution is -0.131. The van der Waals surface area contributed by atoms with Gasteiger partial charge in [0.15, 0.2) is 0 Å². The van der Waals surface area contributed by atoms with Gasteiger partial charge in [-0.25, -0.2) is 0 Å². The minimum atomic E-state index is -0.0220. The number of hydrogen-bond acceptors (Lipinski definition) is 1. The summed E-state index contributed by atoms with van der Waals surface area (Å²) in [6.45, 7) is 5.87. The highest BCUT2D eigenvalue weighted by molar-refractivity contribution is 5.80. The van der Waals surface area contributed by atoms with Crippen LogP contribution in [0.25, 0.3) is 0 Å². The van der Waals surface area contributed by atoms with E-state index in [0.29, 0.717) is 0 Å². The zero-order chi connectivity index (χ0) is 10.4. The summed E-state index contributed by atoms with van der Waals surface area (Å²) in [5.41, 5.74) is 1.09. The van der Waals surface area contributed by atoms with Crippen molar-refractivity contribution in [2.24, 2.45) is 5.92 Å². The van der Waals surface area contributed by atoms with Crippen molar-refractivity contribution in [3.63, 3.8) is 0 Å². The summed E-state index contributed by atoms with van der Waals surface area (Å²) in [5.74, 6) is 0.129. The van der Waals surface area contributed by atoms with E-state index in [-0.39, 0.29) is 11.8 Å². The minimum absolute atomic E-state index is 0.0220. The molecule has 0 saturated heterocycles. The maximum absolute atomic E-state index is 11.5. The molecule has 0 N–H and O–H groups in total. The molecule has 0 aromatic rings. The number of carbonyl (C=O) groups excluding carboxylic acids is 1. The molecule has 0 aliphatic carbocycles. The fourth-order valence-electron chi connectivity index (χ4n) is 0.974. The van der Waals surface area contributed by atoms with E-state index in [1.807, 2.05) is 39.0 Å². The van der Waals surface area contributed by atoms with E-state index < -0.39 is 0 Å². The number of nitrogens with zero attached hydrogens (tertiary/aromatic N) is 1. The highest BCUT2D eigenvalue weighted by Crippen LogP contribution is 2.11. The van der Waals surface area contributed by atoms with E-state index in [0.717, 1.165) is 5.57 Å². The van der Waals surface area contributed by atoms with Crippen molar-refractivity contribution in [3.8, 4) is 0 Å². The molecular formula is C11H19NO. The zero-order valence-corrected chi connectivity index (χ0v) is 9.16. The van der Waals surface area contributed by atoms with Gasteiger partial charge in [-0.3, -0.25) is 4.79 Å². The van der Waals surface area contributed by atoms with Crippen molar-refractivity contribution in [1.29, 1.82) is 0 Å². The summed E-state index contributed by atoms with van der Waals surface area (Å²) in [4.78, 5) is 13.1. The van der Waals surface area contributed by atoms with Crippen LogP contribution in [0.5, 0.6) is 0 Å². The normalized spacial score (nSPS) is 14.7. The van der Waals surface area contributed by atoms with Crippen LogP contribution in [0.4, 0.5) is 0 Å². The second kappa shape index (κ2) is 5.57. The second-order valence-electron chi connectivity index (χ2n) is 3.39. The van der Waals surface area contributed by atoms with E-state index in [4.69, 9.17) is 0 Å². The lowest BCUT2D eigenvalue weighted by Crippen LogP contribution is -2.28. The molecule has 0 fully saturated rings. The number of carbonyl (C=O) groups is 1. The smallest absolute Gasteiger partial charge is 0.228 e. The summed E-state index contributed by atoms with van der Waals surface area (Å²) >= 11 is 0. The Bertz CT molecular complexity index is 226. The third-order valence-electron chi connectivity index (χ3n) is 2.05. The molecule has 0 aromatic heterocycles. The first-order valence-electron chi connectivity index (χ1n) is 4.51. The Balaban J connectivity index is 4.42. The van der Waals surface area contributed by atoms with Crippen molar-refractivity contribution in [2.75, 3.05) is 14.1 Å². The predicted molar refractivity (Wildman–Crippen MR) is 56.4 cm³/mol. The Morgan fingerprint density at radius 1 is 1.38 bits per heavy atom. The van der Waals surface area contributed by atoms with Crippen molar-refractivity contribution >= 4 is 5.91 Å². The Morgan fingerprint density at radius 3 is 2.31 bits per heavy atom. The number of rotatable bonds is 3. The molecule has 0 aliphatic heterocycles. The quantitative estimate of drug-likeness (QED) is 0.611. The summed E-state index contributed by atoms with van der Waals surface area (Å²) in [6, 6.07) is 0. The van der Waals surface area contributed by atoms with Gasteiger partial charge in [0, 0.05) is 14.1 Å². The third-order valence-corrected chi connectivity index (χ3v) is 2.05. The van der Waals surface area contributed by atoms with Crippen LogP contribution in [0.15, 0.2) is 23.8 Å². The van der Waals surface area contributed by atoms with Crippen LogP contribution in [-0.4, -0.2) is 24.9 Å². The van der Waals surface area contributed by atoms with Gasteiger partial charge in [-0.15, -0.1) is 0 Å². The molecule has 0 aliphatic rings. The first-order valence-corrected chi connectivity index (χ1v) is 4.51. The van der Waals surface area contributed by atoms with Gasteiger partial charge in [-0.1, -0.05) is 23.8 Å². The topological polar surface area (TPSA) is 20.3 Å². The maximum atomic E-state index is 11.5. The average Bonchev–Trinajstić information content (AvgIpc) is 2.11. The molecule has 74 valence electrons. The fraction of sp³-hybridized carbons (Fsp3) is 0.545. The van der Waals surface area contributed by atoms with Gasteiger partial charge < -0.3 is 4.90 Å². The standard InChI is InChI=1S/C11H19NO/c1-6-7-8-9(2)10(3)11(13)12(4)5/h6-8,10H,1-5H3/b7-6-,9-8+. The second-order valence-corrected chi connectivity index (χ2v) is 3.39. The molecule has 0 bridgehead atoms. The molecule has 1 unspecified atom stereocenters. The van der Waals surface area contributed by atoms with E-state index in [9.17, 15) is 4.79 Å². The van der Waals surface area contributed by atoms with Crippen LogP contribution in [0.2, 0.25) is 0 Å². The van der Waals surface area contributed by atoms with Crippen LogP contribution < -0.4 is 0 Å². The Labute approximate surface area is 80.9 Å². The Morgan fingerprint density at radius 2 is 1.92 bits per heavy atom. The third kappa shape index (κ3) is 3.92. The van der Waals surface area contributed by atoms with Crippen LogP contribution in [0.1, 0.15) is 20.8 Å². The van der Waals surface area contributed by atoms with E-state index in [1.54, 1.807) is 19.0 Å². The van der Waals surface area contributed by atoms with Gasteiger partial charge in [0.1, 0.15) is 0 Å². The van der Waals surface area contributed by atoms with Crippen molar-refractivity contribution < 1.29 is 4.79 Å². The number of amides is 1. The summed E-state index contributed by atoms with van der Waals surface area (Å²) in [6.07, 6.45) is 5.89. The first-order chi connectivity index (χ1) is 6.00. The SMILES string of the molecule is C/C=C\C=C(/C)C(C)C(=O)N(C)C. The Kier molecular flexibility index (Phi) is 5.12. The zero-order valence-electron chi connectivity index (χ0n) is 9.16. The summed E-state index contributed by atoms with van der Waals surface area (Å²) in [5, 5.41) is 0. The highest BCUT2D eigenvalue weighted by Gasteiger charge is 2.15. The fourth-order valence-corrected chi connectivity index (χ4v) is 0.974. The average molecular weight is 181 g/mol. The van der Waals surface area contributed by atoms with E-state index in [1.165, 1.54) is 0 Å². The predicted octanol–water partition coefficient (Wildman–Crippen LogP) is 2.23. The van der Waals surface area contributed by atoms with Crippen molar-refractivity contribution in [3.05, 3.63) is 23.8 Å². The van der Waals surface area contributed by atoms with Gasteiger partial charge in [-0.2, -0.15) is 0 Å². The Hall–Kier alpha value is -1.05. The van der Waals surface area contributed by atoms with Gasteiger partial charge >= 0.3 is 0 Å². The lowest BCUT2D eigenvalue weighted by Gasteiger charge is -2.16. The molecule has 0 heterocycles. The molecule has 0 aromatic carbocycles. The molecule has 0 spiro atoms. The van der Waals surface area contributed by atoms with Gasteiger partial charge in [0.25, 0.3) is 0 Å². The first kappa shape index (κ1) is 11.9. The highest BCUT2D eigenvalue weighted by atomic mass is 16.2. The van der Waals surface area contributed by atoms with Crippen LogP contribution in [0.3, 0.4) is 0 Å². The summed E-state index contributed by atoms with van der Waals surface area (Å²) in [7, 11) is 3.56. The van der Waals surface area contributed by atoms with Gasteiger partial charge in [0.05, 0.1) is 5.92 Å². The monoisotopic (exact) mass is 181 g/mol. The van der Waals surface area contributed by atoms with Crippen LogP contribution in [-0.2, 0) is 4.79 Å². The molecule has 1 amide bonds. The minimum Gasteiger partial charge on any atom is -0.348 e. The molecule has 2 nitrogen and oxygen atoms in total. The van der Waals surface area contributed by atoms with Gasteiger partial charge in [0.2, 0.25) is 5.91 Å². The molecule has 1 atom stereocenters. The van der Waals surface area contributed by atoms with Crippen LogP contribution >= 0.6 is 0 Å². The van der Waals surface area contributed by atoms with Crippen LogP contribution in [0, 0.1) is 5.92 Å². The largest absolute Gasteiger partial charge is 0.348 e. The molecule has 0 rings (SSSR count). The number of hydrogen-bond donors (Lipinski definition) is 0. The lowest BCUT2D eigenvalue weighted by atomic mass is 10.0. The van der Waals surface area contributed by atoms with E-state index >= 15 is 0 Å². The molecule has 2 heteroatoms. The molecular weight excluding hydrogens is 162 g/mol. The maximum Gasteiger partial charge on any atom is 0.228 e. The molecule has 0 radical (unpaired) electrons. The van der Waals surface area contributed by atoms with Gasteiger partial charge in [-0.05, 0) is 20.8 Å². The number of allylic oxidation sites excluding steroid dienone is 3. The summed E-state index contributed by atoms with van der Waals surface area (Å²) < 4.78 is 0. The van der Waals surface area contributed by atoms with Crippen molar-refractivity contribution in [1.82, 2.24) is 4.90 Å².